The second kappa shape index (κ2) is 3.21. The van der Waals surface area contributed by atoms with Crippen LogP contribution >= 0.6 is 0 Å². The minimum absolute atomic E-state index is 0.0419. The van der Waals surface area contributed by atoms with Crippen LogP contribution in [-0.2, 0) is 0 Å². The van der Waals surface area contributed by atoms with Crippen LogP contribution in [0.3, 0.4) is 0 Å². The van der Waals surface area contributed by atoms with E-state index in [0.29, 0.717) is 12.5 Å². The van der Waals surface area contributed by atoms with Crippen molar-refractivity contribution in [3.05, 3.63) is 0 Å². The van der Waals surface area contributed by atoms with Crippen LogP contribution in [0.4, 0.5) is 0 Å². The summed E-state index contributed by atoms with van der Waals surface area (Å²) in [5, 5.41) is 11.0. The van der Waals surface area contributed by atoms with E-state index in [9.17, 15) is 5.11 Å². The predicted molar refractivity (Wildman–Crippen MR) is 62.5 cm³/mol. The summed E-state index contributed by atoms with van der Waals surface area (Å²) < 4.78 is 0. The summed E-state index contributed by atoms with van der Waals surface area (Å²) in [7, 11) is 0. The Bertz CT molecular complexity index is 252. The summed E-state index contributed by atoms with van der Waals surface area (Å²) in [5.74, 6) is 0.399. The smallest absolute Gasteiger partial charge is 0.0746 e. The van der Waals surface area contributed by atoms with Gasteiger partial charge in [-0.2, -0.15) is 0 Å². The van der Waals surface area contributed by atoms with Gasteiger partial charge in [-0.25, -0.2) is 0 Å². The lowest BCUT2D eigenvalue weighted by atomic mass is 9.55. The van der Waals surface area contributed by atoms with E-state index < -0.39 is 5.60 Å². The first-order valence-electron chi connectivity index (χ1n) is 6.28. The highest BCUT2D eigenvalue weighted by atomic mass is 16.3. The Hall–Kier alpha value is -0.0800. The van der Waals surface area contributed by atoms with Gasteiger partial charge in [0.15, 0.2) is 0 Å². The Labute approximate surface area is 93.2 Å². The molecule has 2 heteroatoms. The molecule has 0 saturated heterocycles. The van der Waals surface area contributed by atoms with Gasteiger partial charge in [-0.15, -0.1) is 0 Å². The van der Waals surface area contributed by atoms with Crippen LogP contribution in [-0.4, -0.2) is 17.3 Å². The zero-order chi connectivity index (χ0) is 11.3. The summed E-state index contributed by atoms with van der Waals surface area (Å²) in [6.45, 7) is 7.39. The van der Waals surface area contributed by atoms with Crippen LogP contribution in [0.1, 0.15) is 52.9 Å². The molecule has 2 atom stereocenters. The van der Waals surface area contributed by atoms with E-state index in [0.717, 1.165) is 25.7 Å². The van der Waals surface area contributed by atoms with Crippen molar-refractivity contribution in [2.75, 3.05) is 6.54 Å². The molecule has 3 N–H and O–H groups in total. The minimum atomic E-state index is -0.497. The highest BCUT2D eigenvalue weighted by Crippen LogP contribution is 2.61. The predicted octanol–water partition coefficient (Wildman–Crippen LogP) is 2.30. The summed E-state index contributed by atoms with van der Waals surface area (Å²) in [4.78, 5) is 0. The molecule has 2 nitrogen and oxygen atoms in total. The minimum Gasteiger partial charge on any atom is -0.389 e. The Balaban J connectivity index is 2.26. The van der Waals surface area contributed by atoms with Crippen LogP contribution < -0.4 is 5.73 Å². The van der Waals surface area contributed by atoms with E-state index in [1.807, 2.05) is 0 Å². The molecule has 0 aromatic carbocycles. The average Bonchev–Trinajstić information content (AvgIpc) is 2.19. The summed E-state index contributed by atoms with van der Waals surface area (Å²) in [6.07, 6.45) is 5.55. The van der Waals surface area contributed by atoms with Gasteiger partial charge in [-0.1, -0.05) is 27.2 Å². The van der Waals surface area contributed by atoms with Gasteiger partial charge in [0, 0.05) is 12.0 Å². The van der Waals surface area contributed by atoms with Crippen molar-refractivity contribution >= 4 is 0 Å². The zero-order valence-corrected chi connectivity index (χ0v) is 10.3. The molecule has 0 aromatic rings. The monoisotopic (exact) mass is 211 g/mol. The first-order valence-corrected chi connectivity index (χ1v) is 6.28. The van der Waals surface area contributed by atoms with Crippen molar-refractivity contribution in [1.82, 2.24) is 0 Å². The lowest BCUT2D eigenvalue weighted by Gasteiger charge is -2.53. The highest BCUT2D eigenvalue weighted by Gasteiger charge is 2.60. The van der Waals surface area contributed by atoms with Crippen molar-refractivity contribution in [3.63, 3.8) is 0 Å². The normalized spacial score (nSPS) is 42.6. The highest BCUT2D eigenvalue weighted by molar-refractivity contribution is 5.12. The third kappa shape index (κ3) is 1.45. The number of aliphatic hydroxyl groups is 1. The second-order valence-corrected chi connectivity index (χ2v) is 6.71. The molecule has 0 bridgehead atoms. The SMILES string of the molecule is CC1CC(C)(C)CC1(O)C1(CN)CCC1. The lowest BCUT2D eigenvalue weighted by molar-refractivity contribution is -0.145. The molecular weight excluding hydrogens is 186 g/mol. The molecule has 0 spiro atoms. The largest absolute Gasteiger partial charge is 0.389 e. The van der Waals surface area contributed by atoms with Gasteiger partial charge in [0.1, 0.15) is 0 Å². The van der Waals surface area contributed by atoms with E-state index in [1.165, 1.54) is 6.42 Å². The third-order valence-electron chi connectivity index (χ3n) is 5.04. The Morgan fingerprint density at radius 3 is 2.20 bits per heavy atom. The van der Waals surface area contributed by atoms with Crippen LogP contribution in [0.25, 0.3) is 0 Å². The van der Waals surface area contributed by atoms with E-state index in [4.69, 9.17) is 5.73 Å². The molecule has 2 saturated carbocycles. The molecule has 2 aliphatic rings. The van der Waals surface area contributed by atoms with Gasteiger partial charge in [0.25, 0.3) is 0 Å². The Morgan fingerprint density at radius 1 is 1.33 bits per heavy atom. The molecular formula is C13H25NO. The fourth-order valence-corrected chi connectivity index (χ4v) is 4.10. The van der Waals surface area contributed by atoms with Gasteiger partial charge in [-0.3, -0.25) is 0 Å². The Kier molecular flexibility index (Phi) is 2.44. The van der Waals surface area contributed by atoms with Crippen LogP contribution in [0, 0.1) is 16.7 Å². The summed E-state index contributed by atoms with van der Waals surface area (Å²) >= 11 is 0. The number of nitrogens with two attached hydrogens (primary N) is 1. The fourth-order valence-electron chi connectivity index (χ4n) is 4.10. The van der Waals surface area contributed by atoms with E-state index in [-0.39, 0.29) is 10.8 Å². The van der Waals surface area contributed by atoms with Crippen LogP contribution in [0.5, 0.6) is 0 Å². The molecule has 2 aliphatic carbocycles. The van der Waals surface area contributed by atoms with Crippen molar-refractivity contribution in [3.8, 4) is 0 Å². The standard InChI is InChI=1S/C13H25NO/c1-10-7-11(2,3)8-13(10,15)12(9-14)5-4-6-12/h10,15H,4-9,14H2,1-3H3. The quantitative estimate of drug-likeness (QED) is 0.736. The molecule has 2 unspecified atom stereocenters. The first kappa shape index (κ1) is 11.4. The molecule has 0 aromatic heterocycles. The van der Waals surface area contributed by atoms with Crippen molar-refractivity contribution in [2.45, 2.75) is 58.5 Å². The number of rotatable bonds is 2. The zero-order valence-electron chi connectivity index (χ0n) is 10.3. The first-order chi connectivity index (χ1) is 6.85. The van der Waals surface area contributed by atoms with E-state index >= 15 is 0 Å². The number of hydrogen-bond donors (Lipinski definition) is 2. The van der Waals surface area contributed by atoms with Crippen molar-refractivity contribution in [1.29, 1.82) is 0 Å². The Morgan fingerprint density at radius 2 is 1.93 bits per heavy atom. The molecule has 15 heavy (non-hydrogen) atoms. The van der Waals surface area contributed by atoms with Gasteiger partial charge in [0.2, 0.25) is 0 Å². The van der Waals surface area contributed by atoms with Gasteiger partial charge in [0.05, 0.1) is 5.60 Å². The van der Waals surface area contributed by atoms with Crippen LogP contribution in [0.2, 0.25) is 0 Å². The molecule has 0 heterocycles. The fraction of sp³-hybridized carbons (Fsp3) is 1.00. The summed E-state index contributed by atoms with van der Waals surface area (Å²) in [6, 6.07) is 0. The second-order valence-electron chi connectivity index (χ2n) is 6.71. The molecule has 88 valence electrons. The molecule has 2 fully saturated rings. The average molecular weight is 211 g/mol. The summed E-state index contributed by atoms with van der Waals surface area (Å²) in [5.41, 5.74) is 5.75. The van der Waals surface area contributed by atoms with E-state index in [2.05, 4.69) is 20.8 Å². The maximum absolute atomic E-state index is 11.0. The van der Waals surface area contributed by atoms with Crippen molar-refractivity contribution < 1.29 is 5.11 Å². The lowest BCUT2D eigenvalue weighted by Crippen LogP contribution is -2.58. The van der Waals surface area contributed by atoms with Crippen LogP contribution in [0.15, 0.2) is 0 Å². The third-order valence-corrected chi connectivity index (χ3v) is 5.04. The van der Waals surface area contributed by atoms with Gasteiger partial charge in [-0.05, 0) is 37.0 Å². The topological polar surface area (TPSA) is 46.2 Å². The van der Waals surface area contributed by atoms with Crippen molar-refractivity contribution in [2.24, 2.45) is 22.5 Å². The number of hydrogen-bond acceptors (Lipinski definition) is 2. The van der Waals surface area contributed by atoms with Gasteiger partial charge >= 0.3 is 0 Å². The maximum atomic E-state index is 11.0. The molecule has 0 amide bonds. The molecule has 0 radical (unpaired) electrons. The van der Waals surface area contributed by atoms with Gasteiger partial charge < -0.3 is 10.8 Å². The van der Waals surface area contributed by atoms with E-state index in [1.54, 1.807) is 0 Å². The molecule has 0 aliphatic heterocycles. The maximum Gasteiger partial charge on any atom is 0.0746 e. The molecule has 2 rings (SSSR count).